The van der Waals surface area contributed by atoms with E-state index in [9.17, 15) is 34.5 Å². The van der Waals surface area contributed by atoms with Crippen LogP contribution in [0.2, 0.25) is 0 Å². The SMILES string of the molecule is CC/C=C\C/C=C\C/C=C\CCCCCCCC(=O)OCC(COC1OC(C(=O)O)C(O)C(O)C1OC(=O)CCCCCCC/C=C\CCCC)OC(=O)CCCCCCCCCCCCC. The highest BCUT2D eigenvalue weighted by molar-refractivity contribution is 5.74. The minimum atomic E-state index is -1.90. The lowest BCUT2D eigenvalue weighted by Gasteiger charge is -2.40. The molecule has 67 heavy (non-hydrogen) atoms. The summed E-state index contributed by atoms with van der Waals surface area (Å²) in [4.78, 5) is 50.8. The number of carboxylic acid groups (broad SMARTS) is 1. The fourth-order valence-corrected chi connectivity index (χ4v) is 7.77. The minimum Gasteiger partial charge on any atom is -0.479 e. The molecular formula is C55H94O12. The summed E-state index contributed by atoms with van der Waals surface area (Å²) in [6.45, 7) is 5.79. The van der Waals surface area contributed by atoms with Gasteiger partial charge in [0.1, 0.15) is 18.8 Å². The number of carbonyl (C=O) groups excluding carboxylic acids is 3. The van der Waals surface area contributed by atoms with Crippen molar-refractivity contribution in [3.05, 3.63) is 48.6 Å². The van der Waals surface area contributed by atoms with Crippen molar-refractivity contribution >= 4 is 23.9 Å². The molecule has 386 valence electrons. The first kappa shape index (κ1) is 61.7. The second-order valence-corrected chi connectivity index (χ2v) is 18.1. The van der Waals surface area contributed by atoms with Crippen LogP contribution < -0.4 is 0 Å². The van der Waals surface area contributed by atoms with Gasteiger partial charge in [0.25, 0.3) is 0 Å². The van der Waals surface area contributed by atoms with E-state index in [4.69, 9.17) is 23.7 Å². The molecule has 0 aromatic heterocycles. The number of hydrogen-bond donors (Lipinski definition) is 3. The van der Waals surface area contributed by atoms with E-state index in [2.05, 4.69) is 69.4 Å². The maximum absolute atomic E-state index is 13.0. The predicted octanol–water partition coefficient (Wildman–Crippen LogP) is 12.7. The molecule has 3 N–H and O–H groups in total. The van der Waals surface area contributed by atoms with Crippen LogP contribution in [-0.4, -0.2) is 89.2 Å². The summed E-state index contributed by atoms with van der Waals surface area (Å²) in [5, 5.41) is 31.3. The summed E-state index contributed by atoms with van der Waals surface area (Å²) >= 11 is 0. The largest absolute Gasteiger partial charge is 0.479 e. The van der Waals surface area contributed by atoms with Gasteiger partial charge in [-0.25, -0.2) is 4.79 Å². The van der Waals surface area contributed by atoms with Gasteiger partial charge in [-0.2, -0.15) is 0 Å². The molecule has 0 aromatic carbocycles. The minimum absolute atomic E-state index is 0.0493. The molecule has 12 heteroatoms. The van der Waals surface area contributed by atoms with Crippen molar-refractivity contribution in [3.63, 3.8) is 0 Å². The maximum atomic E-state index is 13.0. The average Bonchev–Trinajstić information content (AvgIpc) is 3.31. The number of esters is 3. The Bertz CT molecular complexity index is 1360. The lowest BCUT2D eigenvalue weighted by Crippen LogP contribution is -2.61. The van der Waals surface area contributed by atoms with Crippen molar-refractivity contribution < 1.29 is 58.2 Å². The molecule has 6 unspecified atom stereocenters. The van der Waals surface area contributed by atoms with E-state index >= 15 is 0 Å². The quantitative estimate of drug-likeness (QED) is 0.0228. The molecule has 1 aliphatic heterocycles. The van der Waals surface area contributed by atoms with Crippen LogP contribution in [0.15, 0.2) is 48.6 Å². The molecule has 6 atom stereocenters. The third kappa shape index (κ3) is 34.6. The van der Waals surface area contributed by atoms with Gasteiger partial charge in [0, 0.05) is 19.3 Å². The Morgan fingerprint density at radius 3 is 1.49 bits per heavy atom. The average molecular weight is 947 g/mol. The smallest absolute Gasteiger partial charge is 0.335 e. The highest BCUT2D eigenvalue weighted by Gasteiger charge is 2.50. The number of carboxylic acids is 1. The summed E-state index contributed by atoms with van der Waals surface area (Å²) in [5.41, 5.74) is 0. The van der Waals surface area contributed by atoms with Gasteiger partial charge >= 0.3 is 23.9 Å². The molecule has 1 heterocycles. The van der Waals surface area contributed by atoms with Crippen molar-refractivity contribution in [2.45, 2.75) is 263 Å². The zero-order chi connectivity index (χ0) is 49.0. The van der Waals surface area contributed by atoms with E-state index in [-0.39, 0.29) is 25.9 Å². The lowest BCUT2D eigenvalue weighted by atomic mass is 9.98. The Morgan fingerprint density at radius 2 is 0.955 bits per heavy atom. The zero-order valence-electron chi connectivity index (χ0n) is 42.1. The second-order valence-electron chi connectivity index (χ2n) is 18.1. The van der Waals surface area contributed by atoms with Crippen molar-refractivity contribution in [2.75, 3.05) is 13.2 Å². The first-order valence-corrected chi connectivity index (χ1v) is 26.6. The van der Waals surface area contributed by atoms with Crippen molar-refractivity contribution in [2.24, 2.45) is 0 Å². The molecule has 1 aliphatic rings. The molecule has 0 aromatic rings. The Hall–Kier alpha value is -3.32. The molecule has 0 amide bonds. The molecular weight excluding hydrogens is 853 g/mol. The third-order valence-electron chi connectivity index (χ3n) is 11.9. The van der Waals surface area contributed by atoms with E-state index in [1.165, 1.54) is 57.8 Å². The number of carbonyl (C=O) groups is 4. The van der Waals surface area contributed by atoms with Crippen LogP contribution in [0.5, 0.6) is 0 Å². The number of allylic oxidation sites excluding steroid dienone is 8. The van der Waals surface area contributed by atoms with Crippen molar-refractivity contribution in [3.8, 4) is 0 Å². The molecule has 0 saturated carbocycles. The summed E-state index contributed by atoms with van der Waals surface area (Å²) in [5.74, 6) is -3.15. The van der Waals surface area contributed by atoms with Gasteiger partial charge in [-0.1, -0.05) is 185 Å². The normalized spacial score (nSPS) is 19.2. The van der Waals surface area contributed by atoms with Gasteiger partial charge in [0.05, 0.1) is 6.61 Å². The van der Waals surface area contributed by atoms with Gasteiger partial charge in [-0.3, -0.25) is 14.4 Å². The Morgan fingerprint density at radius 1 is 0.507 bits per heavy atom. The third-order valence-corrected chi connectivity index (χ3v) is 11.9. The summed E-state index contributed by atoms with van der Waals surface area (Å²) < 4.78 is 28.3. The maximum Gasteiger partial charge on any atom is 0.335 e. The van der Waals surface area contributed by atoms with Crippen LogP contribution >= 0.6 is 0 Å². The summed E-state index contributed by atoms with van der Waals surface area (Å²) in [7, 11) is 0. The van der Waals surface area contributed by atoms with Gasteiger partial charge < -0.3 is 39.0 Å². The van der Waals surface area contributed by atoms with E-state index < -0.39 is 67.3 Å². The van der Waals surface area contributed by atoms with Crippen molar-refractivity contribution in [1.29, 1.82) is 0 Å². The molecule has 1 fully saturated rings. The number of hydrogen-bond acceptors (Lipinski definition) is 11. The summed E-state index contributed by atoms with van der Waals surface area (Å²) in [6, 6.07) is 0. The Labute approximate surface area is 405 Å². The van der Waals surface area contributed by atoms with Crippen LogP contribution in [0.4, 0.5) is 0 Å². The Kier molecular flexibility index (Phi) is 40.4. The molecule has 0 bridgehead atoms. The van der Waals surface area contributed by atoms with Gasteiger partial charge in [0.15, 0.2) is 24.6 Å². The monoisotopic (exact) mass is 947 g/mol. The molecule has 1 saturated heterocycles. The lowest BCUT2D eigenvalue weighted by molar-refractivity contribution is -0.301. The van der Waals surface area contributed by atoms with Crippen LogP contribution in [0.25, 0.3) is 0 Å². The fraction of sp³-hybridized carbons (Fsp3) is 0.782. The predicted molar refractivity (Wildman–Crippen MR) is 266 cm³/mol. The number of aliphatic hydroxyl groups is 2. The first-order chi connectivity index (χ1) is 32.6. The van der Waals surface area contributed by atoms with Crippen LogP contribution in [0, 0.1) is 0 Å². The number of aliphatic hydroxyl groups excluding tert-OH is 2. The summed E-state index contributed by atoms with van der Waals surface area (Å²) in [6.07, 6.45) is 38.2. The first-order valence-electron chi connectivity index (χ1n) is 26.6. The fourth-order valence-electron chi connectivity index (χ4n) is 7.77. The van der Waals surface area contributed by atoms with E-state index in [0.29, 0.717) is 19.3 Å². The highest BCUT2D eigenvalue weighted by atomic mass is 16.7. The van der Waals surface area contributed by atoms with Gasteiger partial charge in [0.2, 0.25) is 0 Å². The van der Waals surface area contributed by atoms with Crippen LogP contribution in [0.1, 0.15) is 226 Å². The standard InChI is InChI=1S/C55H94O12/c1-4-7-10-13-16-19-22-23-24-25-28-29-32-35-38-41-47(56)63-44-46(65-48(57)42-39-36-33-30-26-20-17-14-11-8-5-2)45-64-55-53(51(60)50(59)52(67-55)54(61)62)66-49(58)43-40-37-34-31-27-21-18-15-12-9-6-3/h7,10,15-16,18-19,23-24,46,50-53,55,59-60H,4-6,8-9,11-14,17,20-22,25-45H2,1-3H3,(H,61,62)/b10-7-,18-15-,19-16-,24-23-. The number of unbranched alkanes of at least 4 members (excludes halogenated alkanes) is 22. The van der Waals surface area contributed by atoms with Crippen molar-refractivity contribution in [1.82, 2.24) is 0 Å². The van der Waals surface area contributed by atoms with Gasteiger partial charge in [-0.15, -0.1) is 0 Å². The number of rotatable bonds is 44. The van der Waals surface area contributed by atoms with Crippen LogP contribution in [0.3, 0.4) is 0 Å². The number of ether oxygens (including phenoxy) is 5. The molecule has 1 rings (SSSR count). The molecule has 0 aliphatic carbocycles. The molecule has 0 radical (unpaired) electrons. The zero-order valence-corrected chi connectivity index (χ0v) is 42.1. The topological polar surface area (TPSA) is 175 Å². The highest BCUT2D eigenvalue weighted by Crippen LogP contribution is 2.26. The Balaban J connectivity index is 2.73. The van der Waals surface area contributed by atoms with Gasteiger partial charge in [-0.05, 0) is 70.6 Å². The van der Waals surface area contributed by atoms with E-state index in [1.54, 1.807) is 0 Å². The van der Waals surface area contributed by atoms with E-state index in [1.807, 2.05) is 0 Å². The number of aliphatic carboxylic acids is 1. The second kappa shape index (κ2) is 43.9. The molecule has 12 nitrogen and oxygen atoms in total. The van der Waals surface area contributed by atoms with E-state index in [0.717, 1.165) is 109 Å². The molecule has 0 spiro atoms. The van der Waals surface area contributed by atoms with Crippen LogP contribution in [-0.2, 0) is 42.9 Å².